The molecule has 0 spiro atoms. The van der Waals surface area contributed by atoms with Gasteiger partial charge in [0, 0.05) is 24.4 Å². The van der Waals surface area contributed by atoms with Crippen LogP contribution in [0.3, 0.4) is 0 Å². The van der Waals surface area contributed by atoms with Crippen LogP contribution in [0.25, 0.3) is 0 Å². The third-order valence-corrected chi connectivity index (χ3v) is 2.73. The third-order valence-electron chi connectivity index (χ3n) is 2.73. The average molecular weight is 208 g/mol. The van der Waals surface area contributed by atoms with Crippen LogP contribution >= 0.6 is 0 Å². The lowest BCUT2D eigenvalue weighted by Gasteiger charge is -2.22. The van der Waals surface area contributed by atoms with Gasteiger partial charge in [0.15, 0.2) is 0 Å². The van der Waals surface area contributed by atoms with E-state index in [9.17, 15) is 0 Å². The molecule has 0 unspecified atom stereocenters. The van der Waals surface area contributed by atoms with Gasteiger partial charge in [0.2, 0.25) is 0 Å². The Balaban J connectivity index is 2.19. The highest BCUT2D eigenvalue weighted by Crippen LogP contribution is 2.22. The molecule has 0 radical (unpaired) electrons. The molecule has 0 saturated carbocycles. The van der Waals surface area contributed by atoms with Crippen LogP contribution < -0.4 is 5.73 Å². The van der Waals surface area contributed by atoms with Crippen molar-refractivity contribution in [1.82, 2.24) is 9.78 Å². The van der Waals surface area contributed by atoms with Crippen molar-refractivity contribution in [3.05, 3.63) is 18.5 Å². The number of nitrogens with one attached hydrogen (secondary N) is 1. The Morgan fingerprint density at radius 1 is 1.47 bits per heavy atom. The second-order valence-electron chi connectivity index (χ2n) is 4.52. The molecule has 4 heteroatoms. The van der Waals surface area contributed by atoms with Crippen molar-refractivity contribution in [2.45, 2.75) is 39.7 Å². The Kier molecular flexibility index (Phi) is 3.88. The van der Waals surface area contributed by atoms with E-state index in [1.54, 1.807) is 6.20 Å². The summed E-state index contributed by atoms with van der Waals surface area (Å²) < 4.78 is 1.93. The fourth-order valence-electron chi connectivity index (χ4n) is 1.41. The maximum Gasteiger partial charge on any atom is 0.0963 e. The first kappa shape index (κ1) is 11.8. The Labute approximate surface area is 91.0 Å². The maximum atomic E-state index is 7.43. The predicted molar refractivity (Wildman–Crippen MR) is 61.8 cm³/mol. The number of aromatic nitrogens is 2. The molecule has 0 aliphatic heterocycles. The first-order chi connectivity index (χ1) is 7.02. The summed E-state index contributed by atoms with van der Waals surface area (Å²) in [6.45, 7) is 4.98. The first-order valence-corrected chi connectivity index (χ1v) is 5.34. The Bertz CT molecular complexity index is 300. The molecule has 0 bridgehead atoms. The molecule has 1 heterocycles. The van der Waals surface area contributed by atoms with Gasteiger partial charge >= 0.3 is 0 Å². The molecule has 0 amide bonds. The monoisotopic (exact) mass is 208 g/mol. The quantitative estimate of drug-likeness (QED) is 0.426. The van der Waals surface area contributed by atoms with Crippen LogP contribution in [0, 0.1) is 10.8 Å². The lowest BCUT2D eigenvalue weighted by Crippen LogP contribution is -2.30. The van der Waals surface area contributed by atoms with Crippen LogP contribution in [0.4, 0.5) is 0 Å². The minimum Gasteiger partial charge on any atom is -0.387 e. The molecule has 0 aromatic carbocycles. The van der Waals surface area contributed by atoms with Crippen LogP contribution in [-0.2, 0) is 6.54 Å². The lowest BCUT2D eigenvalue weighted by atomic mass is 9.86. The molecule has 3 N–H and O–H groups in total. The Morgan fingerprint density at radius 3 is 2.73 bits per heavy atom. The highest BCUT2D eigenvalue weighted by atomic mass is 15.3. The van der Waals surface area contributed by atoms with Crippen LogP contribution in [0.1, 0.15) is 33.1 Å². The summed E-state index contributed by atoms with van der Waals surface area (Å²) in [5, 5.41) is 11.6. The fraction of sp³-hybridized carbons (Fsp3) is 0.636. The molecule has 0 saturated heterocycles. The Hall–Kier alpha value is -1.32. The van der Waals surface area contributed by atoms with E-state index in [1.807, 2.05) is 30.8 Å². The normalized spacial score (nSPS) is 11.6. The van der Waals surface area contributed by atoms with Gasteiger partial charge in [0.25, 0.3) is 0 Å². The van der Waals surface area contributed by atoms with Crippen molar-refractivity contribution in [3.63, 3.8) is 0 Å². The smallest absolute Gasteiger partial charge is 0.0963 e. The van der Waals surface area contributed by atoms with Crippen LogP contribution in [0.2, 0.25) is 0 Å². The largest absolute Gasteiger partial charge is 0.387 e. The van der Waals surface area contributed by atoms with Crippen molar-refractivity contribution >= 4 is 5.84 Å². The molecule has 1 rings (SSSR count). The number of rotatable bonds is 6. The molecular weight excluding hydrogens is 188 g/mol. The highest BCUT2D eigenvalue weighted by molar-refractivity contribution is 5.82. The fourth-order valence-corrected chi connectivity index (χ4v) is 1.41. The van der Waals surface area contributed by atoms with Crippen LogP contribution in [0.5, 0.6) is 0 Å². The molecule has 0 fully saturated rings. The average Bonchev–Trinajstić information content (AvgIpc) is 2.64. The van der Waals surface area contributed by atoms with Gasteiger partial charge in [0.05, 0.1) is 5.84 Å². The zero-order valence-electron chi connectivity index (χ0n) is 9.53. The molecular formula is C11H20N4. The van der Waals surface area contributed by atoms with Gasteiger partial charge in [-0.15, -0.1) is 0 Å². The van der Waals surface area contributed by atoms with E-state index in [0.717, 1.165) is 25.8 Å². The van der Waals surface area contributed by atoms with E-state index in [1.165, 1.54) is 0 Å². The molecule has 84 valence electrons. The standard InChI is InChI=1S/C11H20N4/c1-11(2,10(12)13)6-3-4-8-15-9-5-7-14-15/h5,7,9H,3-4,6,8H2,1-2H3,(H3,12,13). The molecule has 4 nitrogen and oxygen atoms in total. The SMILES string of the molecule is CC(C)(CCCCn1cccn1)C(=N)N. The summed E-state index contributed by atoms with van der Waals surface area (Å²) in [5.41, 5.74) is 5.35. The van der Waals surface area contributed by atoms with Crippen molar-refractivity contribution in [2.75, 3.05) is 0 Å². The molecule has 1 aromatic rings. The summed E-state index contributed by atoms with van der Waals surface area (Å²) in [7, 11) is 0. The Morgan fingerprint density at radius 2 is 2.20 bits per heavy atom. The van der Waals surface area contributed by atoms with Gasteiger partial charge < -0.3 is 5.73 Å². The minimum atomic E-state index is -0.163. The zero-order valence-corrected chi connectivity index (χ0v) is 9.53. The number of hydrogen-bond donors (Lipinski definition) is 2. The summed E-state index contributed by atoms with van der Waals surface area (Å²) in [6.07, 6.45) is 6.88. The number of aryl methyl sites for hydroxylation is 1. The maximum absolute atomic E-state index is 7.43. The third kappa shape index (κ3) is 3.73. The van der Waals surface area contributed by atoms with Crippen LogP contribution in [-0.4, -0.2) is 15.6 Å². The van der Waals surface area contributed by atoms with Gasteiger partial charge in [0.1, 0.15) is 0 Å². The molecule has 0 aliphatic carbocycles. The van der Waals surface area contributed by atoms with Crippen molar-refractivity contribution in [2.24, 2.45) is 11.1 Å². The number of nitrogens with zero attached hydrogens (tertiary/aromatic N) is 2. The number of hydrogen-bond acceptors (Lipinski definition) is 2. The van der Waals surface area contributed by atoms with E-state index in [0.29, 0.717) is 0 Å². The van der Waals surface area contributed by atoms with Gasteiger partial charge in [-0.05, 0) is 18.9 Å². The van der Waals surface area contributed by atoms with Crippen LogP contribution in [0.15, 0.2) is 18.5 Å². The number of nitrogens with two attached hydrogens (primary N) is 1. The number of unbranched alkanes of at least 4 members (excludes halogenated alkanes) is 1. The second kappa shape index (κ2) is 4.96. The summed E-state index contributed by atoms with van der Waals surface area (Å²) >= 11 is 0. The summed E-state index contributed by atoms with van der Waals surface area (Å²) in [4.78, 5) is 0. The first-order valence-electron chi connectivity index (χ1n) is 5.34. The van der Waals surface area contributed by atoms with Gasteiger partial charge in [-0.1, -0.05) is 20.3 Å². The van der Waals surface area contributed by atoms with Gasteiger partial charge in [-0.2, -0.15) is 5.10 Å². The van der Waals surface area contributed by atoms with Crippen molar-refractivity contribution in [3.8, 4) is 0 Å². The predicted octanol–water partition coefficient (Wildman–Crippen LogP) is 2.02. The second-order valence-corrected chi connectivity index (χ2v) is 4.52. The summed E-state index contributed by atoms with van der Waals surface area (Å²) in [6, 6.07) is 1.93. The minimum absolute atomic E-state index is 0.163. The van der Waals surface area contributed by atoms with Gasteiger partial charge in [-0.3, -0.25) is 10.1 Å². The molecule has 15 heavy (non-hydrogen) atoms. The number of amidine groups is 1. The van der Waals surface area contributed by atoms with E-state index in [4.69, 9.17) is 11.1 Å². The molecule has 0 atom stereocenters. The molecule has 0 aliphatic rings. The highest BCUT2D eigenvalue weighted by Gasteiger charge is 2.20. The van der Waals surface area contributed by atoms with E-state index < -0.39 is 0 Å². The van der Waals surface area contributed by atoms with E-state index in [-0.39, 0.29) is 11.3 Å². The zero-order chi connectivity index (χ0) is 11.3. The van der Waals surface area contributed by atoms with Gasteiger partial charge in [-0.25, -0.2) is 0 Å². The van der Waals surface area contributed by atoms with E-state index >= 15 is 0 Å². The summed E-state index contributed by atoms with van der Waals surface area (Å²) in [5.74, 6) is 0.279. The van der Waals surface area contributed by atoms with Crippen molar-refractivity contribution < 1.29 is 0 Å². The van der Waals surface area contributed by atoms with E-state index in [2.05, 4.69) is 5.10 Å². The van der Waals surface area contributed by atoms with Crippen molar-refractivity contribution in [1.29, 1.82) is 5.41 Å². The lowest BCUT2D eigenvalue weighted by molar-refractivity contribution is 0.424. The molecule has 1 aromatic heterocycles. The topological polar surface area (TPSA) is 67.7 Å².